The van der Waals surface area contributed by atoms with Crippen LogP contribution in [0, 0.1) is 0 Å². The van der Waals surface area contributed by atoms with Gasteiger partial charge in [0.2, 0.25) is 5.91 Å². The van der Waals surface area contributed by atoms with Crippen molar-refractivity contribution in [3.05, 3.63) is 53.3 Å². The highest BCUT2D eigenvalue weighted by molar-refractivity contribution is 7.15. The first-order valence-electron chi connectivity index (χ1n) is 6.93. The minimum absolute atomic E-state index is 0.0435. The third-order valence-corrected chi connectivity index (χ3v) is 4.12. The van der Waals surface area contributed by atoms with Gasteiger partial charge in [-0.2, -0.15) is 0 Å². The van der Waals surface area contributed by atoms with Crippen LogP contribution in [-0.2, 0) is 11.2 Å². The van der Waals surface area contributed by atoms with E-state index in [0.717, 1.165) is 16.3 Å². The van der Waals surface area contributed by atoms with Crippen molar-refractivity contribution in [1.82, 2.24) is 9.38 Å². The number of anilines is 1. The van der Waals surface area contributed by atoms with Gasteiger partial charge in [0.1, 0.15) is 0 Å². The number of imidazole rings is 1. The Bertz CT molecular complexity index is 727. The van der Waals surface area contributed by atoms with Crippen LogP contribution in [0.2, 0.25) is 0 Å². The average molecular weight is 299 g/mol. The van der Waals surface area contributed by atoms with Gasteiger partial charge in [-0.05, 0) is 23.6 Å². The van der Waals surface area contributed by atoms with E-state index in [9.17, 15) is 4.79 Å². The maximum absolute atomic E-state index is 12.0. The molecular formula is C16H17N3OS. The van der Waals surface area contributed by atoms with Crippen LogP contribution in [0.15, 0.2) is 42.0 Å². The number of nitrogens with zero attached hydrogens (tertiary/aromatic N) is 2. The highest BCUT2D eigenvalue weighted by Gasteiger charge is 2.09. The number of thiazole rings is 1. The number of carbonyl (C=O) groups excluding carboxylic acids is 1. The van der Waals surface area contributed by atoms with Crippen LogP contribution in [0.5, 0.6) is 0 Å². The summed E-state index contributed by atoms with van der Waals surface area (Å²) in [5.74, 6) is 0.450. The molecule has 0 spiro atoms. The summed E-state index contributed by atoms with van der Waals surface area (Å²) in [5.41, 5.74) is 2.88. The van der Waals surface area contributed by atoms with Gasteiger partial charge in [0, 0.05) is 23.5 Å². The molecule has 1 amide bonds. The lowest BCUT2D eigenvalue weighted by atomic mass is 10.0. The molecule has 0 aliphatic rings. The predicted octanol–water partition coefficient (Wildman–Crippen LogP) is 3.70. The Labute approximate surface area is 127 Å². The van der Waals surface area contributed by atoms with E-state index in [-0.39, 0.29) is 5.91 Å². The summed E-state index contributed by atoms with van der Waals surface area (Å²) in [6.07, 6.45) is 4.13. The molecule has 3 aromatic rings. The van der Waals surface area contributed by atoms with Crippen LogP contribution in [0.3, 0.4) is 0 Å². The number of hydrogen-bond donors (Lipinski definition) is 1. The fourth-order valence-electron chi connectivity index (χ4n) is 2.18. The Morgan fingerprint density at radius 3 is 2.76 bits per heavy atom. The number of aromatic nitrogens is 2. The largest absolute Gasteiger partial charge is 0.326 e. The van der Waals surface area contributed by atoms with Gasteiger partial charge in [0.25, 0.3) is 0 Å². The van der Waals surface area contributed by atoms with E-state index >= 15 is 0 Å². The van der Waals surface area contributed by atoms with Crippen molar-refractivity contribution in [3.63, 3.8) is 0 Å². The maximum atomic E-state index is 12.0. The summed E-state index contributed by atoms with van der Waals surface area (Å²) in [6, 6.07) is 7.98. The van der Waals surface area contributed by atoms with Gasteiger partial charge < -0.3 is 5.32 Å². The lowest BCUT2D eigenvalue weighted by Gasteiger charge is -2.07. The molecule has 21 heavy (non-hydrogen) atoms. The molecule has 1 N–H and O–H groups in total. The van der Waals surface area contributed by atoms with E-state index in [1.54, 1.807) is 11.3 Å². The fourth-order valence-corrected chi connectivity index (χ4v) is 2.90. The van der Waals surface area contributed by atoms with Crippen LogP contribution >= 0.6 is 11.3 Å². The van der Waals surface area contributed by atoms with E-state index in [0.29, 0.717) is 12.3 Å². The van der Waals surface area contributed by atoms with E-state index in [1.807, 2.05) is 46.4 Å². The second kappa shape index (κ2) is 5.69. The summed E-state index contributed by atoms with van der Waals surface area (Å²) in [6.45, 7) is 4.30. The molecule has 5 heteroatoms. The van der Waals surface area contributed by atoms with Crippen molar-refractivity contribution < 1.29 is 4.79 Å². The predicted molar refractivity (Wildman–Crippen MR) is 85.9 cm³/mol. The van der Waals surface area contributed by atoms with Crippen LogP contribution in [0.25, 0.3) is 4.96 Å². The van der Waals surface area contributed by atoms with Gasteiger partial charge >= 0.3 is 0 Å². The van der Waals surface area contributed by atoms with E-state index < -0.39 is 0 Å². The summed E-state index contributed by atoms with van der Waals surface area (Å²) in [5, 5.41) is 4.88. The highest BCUT2D eigenvalue weighted by atomic mass is 32.1. The molecule has 0 saturated carbocycles. The fraction of sp³-hybridized carbons (Fsp3) is 0.250. The molecular weight excluding hydrogens is 282 g/mol. The number of nitrogens with one attached hydrogen (secondary N) is 1. The Morgan fingerprint density at radius 1 is 1.33 bits per heavy atom. The monoisotopic (exact) mass is 299 g/mol. The molecule has 108 valence electrons. The maximum Gasteiger partial charge on any atom is 0.230 e. The minimum atomic E-state index is -0.0435. The number of fused-ring (bicyclic) bond motifs is 1. The first-order valence-corrected chi connectivity index (χ1v) is 7.80. The lowest BCUT2D eigenvalue weighted by molar-refractivity contribution is -0.115. The normalized spacial score (nSPS) is 11.2. The molecule has 0 aliphatic heterocycles. The number of carbonyl (C=O) groups is 1. The van der Waals surface area contributed by atoms with Crippen molar-refractivity contribution in [2.75, 3.05) is 5.32 Å². The Hall–Kier alpha value is -2.14. The number of benzene rings is 1. The molecule has 0 unspecified atom stereocenters. The third-order valence-electron chi connectivity index (χ3n) is 3.35. The Kier molecular flexibility index (Phi) is 3.75. The molecule has 0 aliphatic carbocycles. The molecule has 0 bridgehead atoms. The Morgan fingerprint density at radius 2 is 2.10 bits per heavy atom. The zero-order valence-corrected chi connectivity index (χ0v) is 12.9. The molecule has 0 saturated heterocycles. The van der Waals surface area contributed by atoms with Crippen molar-refractivity contribution in [1.29, 1.82) is 0 Å². The standard InChI is InChI=1S/C16H17N3OS/c1-11(2)12-3-5-13(6-4-12)17-15(20)9-14-10-19-7-8-21-16(19)18-14/h3-8,10-11H,9H2,1-2H3,(H,17,20). The van der Waals surface area contributed by atoms with E-state index in [2.05, 4.69) is 24.1 Å². The first kappa shape index (κ1) is 13.8. The Balaban J connectivity index is 1.64. The number of amides is 1. The van der Waals surface area contributed by atoms with Gasteiger partial charge in [-0.1, -0.05) is 26.0 Å². The smallest absolute Gasteiger partial charge is 0.230 e. The van der Waals surface area contributed by atoms with Crippen molar-refractivity contribution in [2.24, 2.45) is 0 Å². The average Bonchev–Trinajstić information content (AvgIpc) is 3.00. The number of hydrogen-bond acceptors (Lipinski definition) is 3. The molecule has 0 fully saturated rings. The van der Waals surface area contributed by atoms with Gasteiger partial charge in [-0.15, -0.1) is 11.3 Å². The van der Waals surface area contributed by atoms with E-state index in [4.69, 9.17) is 0 Å². The van der Waals surface area contributed by atoms with E-state index in [1.165, 1.54) is 5.56 Å². The molecule has 0 radical (unpaired) electrons. The van der Waals surface area contributed by atoms with Gasteiger partial charge in [0.15, 0.2) is 4.96 Å². The van der Waals surface area contributed by atoms with Crippen molar-refractivity contribution in [3.8, 4) is 0 Å². The second-order valence-electron chi connectivity index (χ2n) is 5.33. The minimum Gasteiger partial charge on any atom is -0.326 e. The van der Waals surface area contributed by atoms with Crippen molar-refractivity contribution in [2.45, 2.75) is 26.2 Å². The second-order valence-corrected chi connectivity index (χ2v) is 6.20. The van der Waals surface area contributed by atoms with Crippen LogP contribution < -0.4 is 5.32 Å². The molecule has 3 rings (SSSR count). The van der Waals surface area contributed by atoms with Gasteiger partial charge in [0.05, 0.1) is 12.1 Å². The van der Waals surface area contributed by atoms with Gasteiger partial charge in [-0.3, -0.25) is 9.20 Å². The summed E-state index contributed by atoms with van der Waals surface area (Å²) in [7, 11) is 0. The molecule has 1 aromatic carbocycles. The van der Waals surface area contributed by atoms with Crippen LogP contribution in [0.1, 0.15) is 31.0 Å². The first-order chi connectivity index (χ1) is 10.1. The summed E-state index contributed by atoms with van der Waals surface area (Å²) >= 11 is 1.56. The molecule has 2 heterocycles. The summed E-state index contributed by atoms with van der Waals surface area (Å²) in [4.78, 5) is 17.4. The summed E-state index contributed by atoms with van der Waals surface area (Å²) < 4.78 is 1.94. The van der Waals surface area contributed by atoms with Crippen molar-refractivity contribution >= 4 is 27.9 Å². The molecule has 0 atom stereocenters. The zero-order valence-electron chi connectivity index (χ0n) is 12.0. The quantitative estimate of drug-likeness (QED) is 0.798. The van der Waals surface area contributed by atoms with Crippen LogP contribution in [0.4, 0.5) is 5.69 Å². The molecule has 2 aromatic heterocycles. The van der Waals surface area contributed by atoms with Gasteiger partial charge in [-0.25, -0.2) is 4.98 Å². The topological polar surface area (TPSA) is 46.4 Å². The zero-order chi connectivity index (χ0) is 14.8. The number of rotatable bonds is 4. The molecule has 4 nitrogen and oxygen atoms in total. The SMILES string of the molecule is CC(C)c1ccc(NC(=O)Cc2cn3ccsc3n2)cc1. The third kappa shape index (κ3) is 3.13. The highest BCUT2D eigenvalue weighted by Crippen LogP contribution is 2.17. The lowest BCUT2D eigenvalue weighted by Crippen LogP contribution is -2.14. The van der Waals surface area contributed by atoms with Crippen LogP contribution in [-0.4, -0.2) is 15.3 Å².